The lowest BCUT2D eigenvalue weighted by Gasteiger charge is -2.34. The summed E-state index contributed by atoms with van der Waals surface area (Å²) in [6, 6.07) is 5.70. The number of fused-ring (bicyclic) bond motifs is 3. The Bertz CT molecular complexity index is 1000. The van der Waals surface area contributed by atoms with Gasteiger partial charge in [-0.1, -0.05) is 15.9 Å². The zero-order chi connectivity index (χ0) is 19.0. The zero-order valence-corrected chi connectivity index (χ0v) is 17.3. The number of aromatic amines is 1. The van der Waals surface area contributed by atoms with Crippen molar-refractivity contribution in [2.75, 3.05) is 53.4 Å². The van der Waals surface area contributed by atoms with Crippen molar-refractivity contribution in [1.29, 1.82) is 0 Å². The third-order valence-electron chi connectivity index (χ3n) is 5.04. The molecule has 0 spiro atoms. The maximum absolute atomic E-state index is 12.5. The molecule has 3 aromatic rings. The smallest absolute Gasteiger partial charge is 0.294 e. The number of rotatable bonds is 5. The Morgan fingerprint density at radius 2 is 1.96 bits per heavy atom. The van der Waals surface area contributed by atoms with Gasteiger partial charge >= 0.3 is 0 Å². The first-order valence-electron chi connectivity index (χ1n) is 9.20. The van der Waals surface area contributed by atoms with Gasteiger partial charge in [0.15, 0.2) is 0 Å². The Morgan fingerprint density at radius 1 is 1.22 bits per heavy atom. The summed E-state index contributed by atoms with van der Waals surface area (Å²) in [5.41, 5.74) is 1.39. The fraction of sp³-hybridized carbons (Fsp3) is 0.474. The molecule has 0 atom stereocenters. The molecule has 1 aliphatic rings. The highest BCUT2D eigenvalue weighted by Crippen LogP contribution is 2.27. The van der Waals surface area contributed by atoms with E-state index in [1.807, 2.05) is 18.2 Å². The van der Waals surface area contributed by atoms with Gasteiger partial charge in [-0.2, -0.15) is 0 Å². The fourth-order valence-corrected chi connectivity index (χ4v) is 3.83. The van der Waals surface area contributed by atoms with Gasteiger partial charge in [0.1, 0.15) is 16.9 Å². The van der Waals surface area contributed by atoms with E-state index in [0.717, 1.165) is 49.1 Å². The third-order valence-corrected chi connectivity index (χ3v) is 5.53. The van der Waals surface area contributed by atoms with Crippen molar-refractivity contribution in [3.8, 4) is 0 Å². The van der Waals surface area contributed by atoms with Gasteiger partial charge in [-0.15, -0.1) is 0 Å². The van der Waals surface area contributed by atoms with Gasteiger partial charge in [0.25, 0.3) is 5.56 Å². The van der Waals surface area contributed by atoms with Crippen LogP contribution in [-0.2, 0) is 6.54 Å². The topological polar surface area (TPSA) is 68.6 Å². The summed E-state index contributed by atoms with van der Waals surface area (Å²) >= 11 is 3.48. The fourth-order valence-electron chi connectivity index (χ4n) is 3.47. The average Bonchev–Trinajstić information content (AvgIpc) is 3.00. The monoisotopic (exact) mass is 433 g/mol. The normalized spacial score (nSPS) is 16.7. The van der Waals surface area contributed by atoms with Crippen LogP contribution in [0, 0.1) is 0 Å². The molecule has 27 heavy (non-hydrogen) atoms. The molecule has 1 aromatic carbocycles. The molecule has 1 aliphatic heterocycles. The lowest BCUT2D eigenvalue weighted by Crippen LogP contribution is -2.47. The van der Waals surface area contributed by atoms with E-state index in [1.54, 1.807) is 0 Å². The molecule has 8 heteroatoms. The van der Waals surface area contributed by atoms with E-state index < -0.39 is 0 Å². The largest absolute Gasteiger partial charge is 0.449 e. The second kappa shape index (κ2) is 7.71. The number of nitrogens with one attached hydrogen (secondary N) is 1. The van der Waals surface area contributed by atoms with E-state index in [0.29, 0.717) is 29.1 Å². The number of halogens is 1. The average molecular weight is 434 g/mol. The molecular weight excluding hydrogens is 410 g/mol. The lowest BCUT2D eigenvalue weighted by molar-refractivity contribution is 0.118. The van der Waals surface area contributed by atoms with Gasteiger partial charge in [-0.05, 0) is 32.3 Å². The zero-order valence-electron chi connectivity index (χ0n) is 15.7. The van der Waals surface area contributed by atoms with E-state index >= 15 is 0 Å². The number of benzene rings is 1. The Labute approximate surface area is 166 Å². The van der Waals surface area contributed by atoms with Crippen LogP contribution in [0.1, 0.15) is 5.82 Å². The maximum Gasteiger partial charge on any atom is 0.294 e. The Balaban J connectivity index is 1.51. The van der Waals surface area contributed by atoms with Crippen molar-refractivity contribution in [3.63, 3.8) is 0 Å². The molecule has 3 heterocycles. The summed E-state index contributed by atoms with van der Waals surface area (Å²) in [6.45, 7) is 6.86. The van der Waals surface area contributed by atoms with Crippen LogP contribution in [0.4, 0.5) is 0 Å². The van der Waals surface area contributed by atoms with Crippen LogP contribution in [0.2, 0.25) is 0 Å². The van der Waals surface area contributed by atoms with Crippen LogP contribution in [0.25, 0.3) is 22.1 Å². The van der Waals surface area contributed by atoms with E-state index in [-0.39, 0.29) is 5.56 Å². The molecule has 2 aromatic heterocycles. The first-order chi connectivity index (χ1) is 13.0. The summed E-state index contributed by atoms with van der Waals surface area (Å²) in [5, 5.41) is 0.861. The van der Waals surface area contributed by atoms with E-state index in [1.165, 1.54) is 0 Å². The minimum atomic E-state index is -0.216. The molecule has 4 rings (SSSR count). The summed E-state index contributed by atoms with van der Waals surface area (Å²) in [5.74, 6) is 0.692. The second-order valence-electron chi connectivity index (χ2n) is 7.35. The highest BCUT2D eigenvalue weighted by molar-refractivity contribution is 9.10. The minimum Gasteiger partial charge on any atom is -0.449 e. The van der Waals surface area contributed by atoms with Crippen molar-refractivity contribution in [2.24, 2.45) is 0 Å². The van der Waals surface area contributed by atoms with Gasteiger partial charge in [-0.3, -0.25) is 14.6 Å². The Hall–Kier alpha value is -1.74. The molecule has 7 nitrogen and oxygen atoms in total. The number of aromatic nitrogens is 2. The van der Waals surface area contributed by atoms with Crippen LogP contribution < -0.4 is 5.56 Å². The van der Waals surface area contributed by atoms with Crippen molar-refractivity contribution in [2.45, 2.75) is 6.54 Å². The van der Waals surface area contributed by atoms with E-state index in [9.17, 15) is 4.79 Å². The predicted octanol–water partition coefficient (Wildman–Crippen LogP) is 2.11. The number of hydrogen-bond acceptors (Lipinski definition) is 6. The molecule has 1 fully saturated rings. The van der Waals surface area contributed by atoms with Crippen molar-refractivity contribution >= 4 is 38.0 Å². The molecule has 0 unspecified atom stereocenters. The number of furan rings is 1. The third kappa shape index (κ3) is 4.08. The maximum atomic E-state index is 12.5. The van der Waals surface area contributed by atoms with E-state index in [2.05, 4.69) is 49.7 Å². The van der Waals surface area contributed by atoms with Crippen LogP contribution >= 0.6 is 15.9 Å². The summed E-state index contributed by atoms with van der Waals surface area (Å²) in [6.07, 6.45) is 0. The molecule has 1 saturated heterocycles. The van der Waals surface area contributed by atoms with Crippen LogP contribution in [-0.4, -0.2) is 78.0 Å². The number of piperazine rings is 1. The highest BCUT2D eigenvalue weighted by Gasteiger charge is 2.19. The Kier molecular flexibility index (Phi) is 5.32. The second-order valence-corrected chi connectivity index (χ2v) is 8.27. The molecule has 1 N–H and O–H groups in total. The molecule has 0 saturated carbocycles. The summed E-state index contributed by atoms with van der Waals surface area (Å²) in [4.78, 5) is 27.1. The SMILES string of the molecule is CN(C)CCN1CCN(Cc2nc3c(oc4ccc(Br)cc43)c(=O)[nH]2)CC1. The highest BCUT2D eigenvalue weighted by atomic mass is 79.9. The molecule has 0 bridgehead atoms. The molecule has 144 valence electrons. The number of likely N-dealkylation sites (N-methyl/N-ethyl adjacent to an activating group) is 1. The van der Waals surface area contributed by atoms with Crippen molar-refractivity contribution < 1.29 is 4.42 Å². The summed E-state index contributed by atoms with van der Waals surface area (Å²) < 4.78 is 6.63. The molecule has 0 aliphatic carbocycles. The standard InChI is InChI=1S/C19H24BrN5O2/c1-23(2)5-6-24-7-9-25(10-8-24)12-16-21-17-14-11-13(20)3-4-15(14)27-18(17)19(26)22-16/h3-4,11H,5-10,12H2,1-2H3,(H,21,22,26). The van der Waals surface area contributed by atoms with Gasteiger partial charge in [0.05, 0.1) is 6.54 Å². The number of H-pyrrole nitrogens is 1. The van der Waals surface area contributed by atoms with Gasteiger partial charge < -0.3 is 14.3 Å². The van der Waals surface area contributed by atoms with Crippen molar-refractivity contribution in [1.82, 2.24) is 24.7 Å². The first-order valence-corrected chi connectivity index (χ1v) is 9.99. The number of nitrogens with zero attached hydrogens (tertiary/aromatic N) is 4. The lowest BCUT2D eigenvalue weighted by atomic mass is 10.2. The van der Waals surface area contributed by atoms with Crippen molar-refractivity contribution in [3.05, 3.63) is 38.9 Å². The number of hydrogen-bond donors (Lipinski definition) is 1. The van der Waals surface area contributed by atoms with Crippen LogP contribution in [0.5, 0.6) is 0 Å². The van der Waals surface area contributed by atoms with Gasteiger partial charge in [0.2, 0.25) is 5.58 Å². The Morgan fingerprint density at radius 3 is 2.70 bits per heavy atom. The molecule has 0 amide bonds. The quantitative estimate of drug-likeness (QED) is 0.664. The van der Waals surface area contributed by atoms with E-state index in [4.69, 9.17) is 9.40 Å². The predicted molar refractivity (Wildman–Crippen MR) is 110 cm³/mol. The van der Waals surface area contributed by atoms with Crippen LogP contribution in [0.15, 0.2) is 31.9 Å². The van der Waals surface area contributed by atoms with Gasteiger partial charge in [0, 0.05) is 49.1 Å². The van der Waals surface area contributed by atoms with Crippen LogP contribution in [0.3, 0.4) is 0 Å². The van der Waals surface area contributed by atoms with Gasteiger partial charge in [-0.25, -0.2) is 4.98 Å². The molecular formula is C19H24BrN5O2. The first kappa shape index (κ1) is 18.6. The molecule has 0 radical (unpaired) electrons. The minimum absolute atomic E-state index is 0.216. The summed E-state index contributed by atoms with van der Waals surface area (Å²) in [7, 11) is 4.21.